The lowest BCUT2D eigenvalue weighted by atomic mass is 10.0. The Morgan fingerprint density at radius 1 is 1.18 bits per heavy atom. The van der Waals surface area contributed by atoms with Crippen LogP contribution in [0.25, 0.3) is 0 Å². The number of alkyl halides is 3. The average molecular weight is 460 g/mol. The van der Waals surface area contributed by atoms with E-state index in [1.54, 1.807) is 11.8 Å². The van der Waals surface area contributed by atoms with Crippen LogP contribution in [-0.4, -0.2) is 56.7 Å². The van der Waals surface area contributed by atoms with Crippen LogP contribution in [0.3, 0.4) is 0 Å². The second kappa shape index (κ2) is 8.80. The minimum atomic E-state index is -4.64. The Kier molecular flexibility index (Phi) is 6.05. The van der Waals surface area contributed by atoms with Crippen LogP contribution >= 0.6 is 0 Å². The normalized spacial score (nSPS) is 19.6. The fourth-order valence-corrected chi connectivity index (χ4v) is 3.89. The molecule has 1 saturated heterocycles. The van der Waals surface area contributed by atoms with E-state index in [1.807, 2.05) is 31.2 Å². The van der Waals surface area contributed by atoms with Gasteiger partial charge in [-0.1, -0.05) is 29.8 Å². The van der Waals surface area contributed by atoms with Crippen molar-refractivity contribution in [1.82, 2.24) is 25.2 Å². The van der Waals surface area contributed by atoms with Crippen LogP contribution < -0.4 is 5.32 Å². The zero-order valence-corrected chi connectivity index (χ0v) is 18.1. The van der Waals surface area contributed by atoms with Crippen molar-refractivity contribution in [2.45, 2.75) is 44.9 Å². The van der Waals surface area contributed by atoms with E-state index in [0.29, 0.717) is 24.2 Å². The van der Waals surface area contributed by atoms with Gasteiger partial charge in [0.1, 0.15) is 0 Å². The number of aromatic nitrogens is 2. The number of hydrogen-bond donors (Lipinski definition) is 1. The van der Waals surface area contributed by atoms with Crippen molar-refractivity contribution in [2.24, 2.45) is 5.10 Å². The first kappa shape index (κ1) is 22.7. The van der Waals surface area contributed by atoms with E-state index in [9.17, 15) is 22.8 Å². The molecule has 0 saturated carbocycles. The molecule has 3 heterocycles. The molecule has 1 fully saturated rings. The van der Waals surface area contributed by atoms with Gasteiger partial charge in [0.15, 0.2) is 0 Å². The zero-order chi connectivity index (χ0) is 23.8. The molecular weight excluding hydrogens is 437 g/mol. The Hall–Kier alpha value is -3.50. The molecule has 8 nitrogen and oxygen atoms in total. The van der Waals surface area contributed by atoms with Crippen molar-refractivity contribution < 1.29 is 22.8 Å². The van der Waals surface area contributed by atoms with Gasteiger partial charge in [0.2, 0.25) is 11.7 Å². The van der Waals surface area contributed by atoms with Gasteiger partial charge in [-0.05, 0) is 25.8 Å². The molecule has 2 aliphatic rings. The molecular formula is C22H23F3N6O2. The molecule has 1 aromatic heterocycles. The molecule has 174 valence electrons. The van der Waals surface area contributed by atoms with Crippen LogP contribution in [0.5, 0.6) is 0 Å². The molecule has 2 atom stereocenters. The molecule has 1 aromatic carbocycles. The van der Waals surface area contributed by atoms with Gasteiger partial charge in [0.05, 0.1) is 24.3 Å². The number of carbonyl (C=O) groups is 2. The van der Waals surface area contributed by atoms with E-state index in [2.05, 4.69) is 20.4 Å². The monoisotopic (exact) mass is 460 g/mol. The van der Waals surface area contributed by atoms with Crippen LogP contribution in [0.1, 0.15) is 48.3 Å². The summed E-state index contributed by atoms with van der Waals surface area (Å²) in [4.78, 5) is 33.7. The quantitative estimate of drug-likeness (QED) is 0.758. The van der Waals surface area contributed by atoms with Gasteiger partial charge < -0.3 is 10.2 Å². The molecule has 33 heavy (non-hydrogen) atoms. The number of hydrazone groups is 1. The van der Waals surface area contributed by atoms with Crippen molar-refractivity contribution in [2.75, 3.05) is 13.1 Å². The third kappa shape index (κ3) is 4.81. The first-order chi connectivity index (χ1) is 15.6. The van der Waals surface area contributed by atoms with Crippen LogP contribution in [0.4, 0.5) is 18.0 Å². The maximum absolute atomic E-state index is 12.9. The summed E-state index contributed by atoms with van der Waals surface area (Å²) in [5, 5.41) is 8.48. The summed E-state index contributed by atoms with van der Waals surface area (Å²) in [7, 11) is 0. The predicted molar refractivity (Wildman–Crippen MR) is 113 cm³/mol. The van der Waals surface area contributed by atoms with E-state index < -0.39 is 24.1 Å². The van der Waals surface area contributed by atoms with Gasteiger partial charge in [-0.15, -0.1) is 0 Å². The topological polar surface area (TPSA) is 90.8 Å². The van der Waals surface area contributed by atoms with E-state index in [-0.39, 0.29) is 18.5 Å². The Morgan fingerprint density at radius 3 is 2.42 bits per heavy atom. The average Bonchev–Trinajstić information content (AvgIpc) is 3.40. The first-order valence-electron chi connectivity index (χ1n) is 10.6. The first-order valence-corrected chi connectivity index (χ1v) is 10.6. The molecule has 1 N–H and O–H groups in total. The van der Waals surface area contributed by atoms with E-state index >= 15 is 0 Å². The molecule has 0 spiro atoms. The zero-order valence-electron chi connectivity index (χ0n) is 18.1. The Balaban J connectivity index is 1.52. The van der Waals surface area contributed by atoms with E-state index in [0.717, 1.165) is 29.9 Å². The number of urea groups is 1. The number of rotatable bonds is 4. The molecule has 4 rings (SSSR count). The summed E-state index contributed by atoms with van der Waals surface area (Å²) in [6.45, 7) is 4.37. The highest BCUT2D eigenvalue weighted by Crippen LogP contribution is 2.27. The molecule has 2 aromatic rings. The largest absolute Gasteiger partial charge is 0.451 e. The highest BCUT2D eigenvalue weighted by Gasteiger charge is 2.39. The second-order valence-electron chi connectivity index (χ2n) is 8.15. The molecule has 11 heteroatoms. The van der Waals surface area contributed by atoms with Crippen molar-refractivity contribution in [3.8, 4) is 0 Å². The molecule has 2 aliphatic heterocycles. The smallest absolute Gasteiger partial charge is 0.332 e. The number of nitrogens with zero attached hydrogens (tertiary/aromatic N) is 5. The van der Waals surface area contributed by atoms with Crippen molar-refractivity contribution in [1.29, 1.82) is 0 Å². The number of carbonyl (C=O) groups excluding carboxylic acids is 2. The maximum atomic E-state index is 12.9. The van der Waals surface area contributed by atoms with Gasteiger partial charge in [-0.3, -0.25) is 4.79 Å². The Morgan fingerprint density at radius 2 is 1.85 bits per heavy atom. The van der Waals surface area contributed by atoms with E-state index in [4.69, 9.17) is 0 Å². The molecule has 3 amide bonds. The third-order valence-electron chi connectivity index (χ3n) is 5.72. The SMILES string of the molecule is Cc1ccc(C2=NN(C(=O)N[C@H](C)c3cnc(C(F)(F)F)nc3)C[C@@H]2N2CCCC2=O)cc1. The maximum Gasteiger partial charge on any atom is 0.451 e. The number of amides is 3. The minimum Gasteiger partial charge on any atom is -0.332 e. The number of aryl methyl sites for hydroxylation is 1. The summed E-state index contributed by atoms with van der Waals surface area (Å²) in [6, 6.07) is 6.16. The van der Waals surface area contributed by atoms with Crippen molar-refractivity contribution >= 4 is 17.6 Å². The van der Waals surface area contributed by atoms with Gasteiger partial charge in [-0.2, -0.15) is 18.3 Å². The fourth-order valence-electron chi connectivity index (χ4n) is 3.89. The summed E-state index contributed by atoms with van der Waals surface area (Å²) in [5.74, 6) is -1.22. The van der Waals surface area contributed by atoms with Crippen molar-refractivity contribution in [3.05, 3.63) is 59.2 Å². The number of benzene rings is 1. The summed E-state index contributed by atoms with van der Waals surface area (Å²) < 4.78 is 38.0. The van der Waals surface area contributed by atoms with Gasteiger partial charge >= 0.3 is 12.2 Å². The highest BCUT2D eigenvalue weighted by molar-refractivity contribution is 6.08. The van der Waals surface area contributed by atoms with Gasteiger partial charge in [0.25, 0.3) is 0 Å². The number of hydrogen-bond acceptors (Lipinski definition) is 5. The van der Waals surface area contributed by atoms with Crippen LogP contribution in [-0.2, 0) is 11.0 Å². The molecule has 0 radical (unpaired) electrons. The number of nitrogens with one attached hydrogen (secondary N) is 1. The lowest BCUT2D eigenvalue weighted by Gasteiger charge is -2.25. The fraction of sp³-hybridized carbons (Fsp3) is 0.409. The van der Waals surface area contributed by atoms with Gasteiger partial charge in [-0.25, -0.2) is 19.8 Å². The predicted octanol–water partition coefficient (Wildman–Crippen LogP) is 3.29. The lowest BCUT2D eigenvalue weighted by molar-refractivity contribution is -0.145. The Labute approximate surface area is 188 Å². The van der Waals surface area contributed by atoms with Crippen LogP contribution in [0, 0.1) is 6.92 Å². The molecule has 0 unspecified atom stereocenters. The van der Waals surface area contributed by atoms with Gasteiger partial charge in [0, 0.05) is 30.9 Å². The number of halogens is 3. The van der Waals surface area contributed by atoms with E-state index in [1.165, 1.54) is 5.01 Å². The number of likely N-dealkylation sites (tertiary alicyclic amines) is 1. The molecule has 0 bridgehead atoms. The standard InChI is InChI=1S/C22H23F3N6O2/c1-13-5-7-15(8-6-13)19-17(30-9-3-4-18(30)32)12-31(29-19)21(33)28-14(2)16-10-26-20(27-11-16)22(23,24)25/h5-8,10-11,14,17H,3-4,9,12H2,1-2H3,(H,28,33)/t14-,17+/m1/s1. The highest BCUT2D eigenvalue weighted by atomic mass is 19.4. The summed E-state index contributed by atoms with van der Waals surface area (Å²) in [5.41, 5.74) is 2.86. The second-order valence-corrected chi connectivity index (χ2v) is 8.15. The summed E-state index contributed by atoms with van der Waals surface area (Å²) >= 11 is 0. The minimum absolute atomic E-state index is 0.0253. The molecule has 0 aliphatic carbocycles. The Bertz CT molecular complexity index is 1070. The van der Waals surface area contributed by atoms with Crippen LogP contribution in [0.2, 0.25) is 0 Å². The van der Waals surface area contributed by atoms with Crippen molar-refractivity contribution in [3.63, 3.8) is 0 Å². The third-order valence-corrected chi connectivity index (χ3v) is 5.72. The summed E-state index contributed by atoms with van der Waals surface area (Å²) in [6.07, 6.45) is -1.33. The van der Waals surface area contributed by atoms with Crippen LogP contribution in [0.15, 0.2) is 41.8 Å². The lowest BCUT2D eigenvalue weighted by Crippen LogP contribution is -2.46.